The molecule has 1 aromatic rings. The largest absolute Gasteiger partial charge is 0.298 e. The third-order valence-corrected chi connectivity index (χ3v) is 2.36. The second-order valence-corrected chi connectivity index (χ2v) is 3.48. The second kappa shape index (κ2) is 5.38. The molecule has 0 spiro atoms. The number of aldehydes is 1. The first-order chi connectivity index (χ1) is 6.77. The van der Waals surface area contributed by atoms with Gasteiger partial charge in [0.2, 0.25) is 0 Å². The fraction of sp³-hybridized carbons (Fsp3) is 0.308. The number of allylic oxidation sites excluding steroid dienone is 1. The van der Waals surface area contributed by atoms with E-state index in [1.807, 2.05) is 24.3 Å². The zero-order valence-electron chi connectivity index (χ0n) is 8.62. The van der Waals surface area contributed by atoms with Gasteiger partial charge < -0.3 is 0 Å². The monoisotopic (exact) mass is 188 g/mol. The molecule has 74 valence electrons. The van der Waals surface area contributed by atoms with Gasteiger partial charge in [0.05, 0.1) is 0 Å². The van der Waals surface area contributed by atoms with E-state index in [4.69, 9.17) is 0 Å². The number of hydrogen-bond acceptors (Lipinski definition) is 1. The summed E-state index contributed by atoms with van der Waals surface area (Å²) in [5.41, 5.74) is 3.30. The molecule has 0 saturated heterocycles. The normalized spacial score (nSPS) is 9.79. The summed E-state index contributed by atoms with van der Waals surface area (Å²) in [5, 5.41) is 0. The highest BCUT2D eigenvalue weighted by molar-refractivity contribution is 5.75. The second-order valence-electron chi connectivity index (χ2n) is 3.48. The van der Waals surface area contributed by atoms with Crippen molar-refractivity contribution in [2.45, 2.75) is 26.2 Å². The summed E-state index contributed by atoms with van der Waals surface area (Å²) < 4.78 is 0. The molecular weight excluding hydrogens is 172 g/mol. The standard InChI is InChI=1S/C13H16O/c1-3-4-5-6-13-8-7-12(10-14)9-11(13)2/h3,7-10H,1,4-6H2,2H3. The van der Waals surface area contributed by atoms with E-state index in [9.17, 15) is 4.79 Å². The van der Waals surface area contributed by atoms with Crippen LogP contribution in [-0.2, 0) is 6.42 Å². The van der Waals surface area contributed by atoms with Crippen molar-refractivity contribution in [3.05, 3.63) is 47.5 Å². The van der Waals surface area contributed by atoms with Gasteiger partial charge >= 0.3 is 0 Å². The lowest BCUT2D eigenvalue weighted by atomic mass is 10.0. The molecule has 0 aromatic heterocycles. The summed E-state index contributed by atoms with van der Waals surface area (Å²) in [4.78, 5) is 10.5. The van der Waals surface area contributed by atoms with E-state index in [0.717, 1.165) is 31.1 Å². The zero-order chi connectivity index (χ0) is 10.4. The van der Waals surface area contributed by atoms with Gasteiger partial charge in [-0.05, 0) is 43.4 Å². The van der Waals surface area contributed by atoms with Crippen molar-refractivity contribution < 1.29 is 4.79 Å². The molecule has 1 rings (SSSR count). The molecular formula is C13H16O. The third kappa shape index (κ3) is 2.84. The Morgan fingerprint density at radius 2 is 2.21 bits per heavy atom. The molecule has 14 heavy (non-hydrogen) atoms. The van der Waals surface area contributed by atoms with Crippen LogP contribution < -0.4 is 0 Å². The summed E-state index contributed by atoms with van der Waals surface area (Å²) in [5.74, 6) is 0. The molecule has 0 aliphatic rings. The first kappa shape index (κ1) is 10.7. The van der Waals surface area contributed by atoms with Crippen molar-refractivity contribution in [1.82, 2.24) is 0 Å². The topological polar surface area (TPSA) is 17.1 Å². The number of aryl methyl sites for hydroxylation is 2. The van der Waals surface area contributed by atoms with Crippen LogP contribution in [0, 0.1) is 6.92 Å². The summed E-state index contributed by atoms with van der Waals surface area (Å²) in [6.45, 7) is 5.75. The van der Waals surface area contributed by atoms with Crippen LogP contribution in [0.15, 0.2) is 30.9 Å². The van der Waals surface area contributed by atoms with E-state index in [2.05, 4.69) is 13.5 Å². The molecule has 0 aliphatic carbocycles. The van der Waals surface area contributed by atoms with E-state index in [-0.39, 0.29) is 0 Å². The van der Waals surface area contributed by atoms with Crippen LogP contribution >= 0.6 is 0 Å². The maximum Gasteiger partial charge on any atom is 0.150 e. The molecule has 1 heteroatoms. The summed E-state index contributed by atoms with van der Waals surface area (Å²) in [6.07, 6.45) is 6.08. The zero-order valence-corrected chi connectivity index (χ0v) is 8.62. The molecule has 0 bridgehead atoms. The van der Waals surface area contributed by atoms with Gasteiger partial charge in [-0.25, -0.2) is 0 Å². The minimum atomic E-state index is 0.759. The molecule has 0 radical (unpaired) electrons. The van der Waals surface area contributed by atoms with Crippen molar-refractivity contribution in [1.29, 1.82) is 0 Å². The minimum Gasteiger partial charge on any atom is -0.298 e. The molecule has 1 nitrogen and oxygen atoms in total. The van der Waals surface area contributed by atoms with E-state index in [0.29, 0.717) is 0 Å². The van der Waals surface area contributed by atoms with Crippen molar-refractivity contribution >= 4 is 6.29 Å². The average molecular weight is 188 g/mol. The first-order valence-corrected chi connectivity index (χ1v) is 4.93. The van der Waals surface area contributed by atoms with Gasteiger partial charge in [-0.2, -0.15) is 0 Å². The molecule has 0 unspecified atom stereocenters. The lowest BCUT2D eigenvalue weighted by Gasteiger charge is -2.04. The lowest BCUT2D eigenvalue weighted by Crippen LogP contribution is -1.91. The highest BCUT2D eigenvalue weighted by atomic mass is 16.1. The van der Waals surface area contributed by atoms with Gasteiger partial charge in [0.15, 0.2) is 0 Å². The first-order valence-electron chi connectivity index (χ1n) is 4.93. The number of carbonyl (C=O) groups excluding carboxylic acids is 1. The maximum absolute atomic E-state index is 10.5. The Kier molecular flexibility index (Phi) is 4.11. The smallest absolute Gasteiger partial charge is 0.150 e. The Hall–Kier alpha value is -1.37. The Bertz CT molecular complexity index is 326. The predicted molar refractivity (Wildman–Crippen MR) is 59.7 cm³/mol. The summed E-state index contributed by atoms with van der Waals surface area (Å²) >= 11 is 0. The lowest BCUT2D eigenvalue weighted by molar-refractivity contribution is 0.112. The van der Waals surface area contributed by atoms with Crippen LogP contribution in [0.4, 0.5) is 0 Å². The van der Waals surface area contributed by atoms with Crippen LogP contribution in [0.3, 0.4) is 0 Å². The Morgan fingerprint density at radius 3 is 2.79 bits per heavy atom. The summed E-state index contributed by atoms with van der Waals surface area (Å²) in [7, 11) is 0. The number of unbranched alkanes of at least 4 members (excludes halogenated alkanes) is 1. The van der Waals surface area contributed by atoms with Crippen LogP contribution in [0.25, 0.3) is 0 Å². The molecule has 0 atom stereocenters. The Labute approximate surface area is 85.5 Å². The number of hydrogen-bond donors (Lipinski definition) is 0. The van der Waals surface area contributed by atoms with Crippen molar-refractivity contribution in [2.24, 2.45) is 0 Å². The van der Waals surface area contributed by atoms with Crippen LogP contribution in [0.5, 0.6) is 0 Å². The SMILES string of the molecule is C=CCCCc1ccc(C=O)cc1C. The highest BCUT2D eigenvalue weighted by Gasteiger charge is 1.98. The average Bonchev–Trinajstić information content (AvgIpc) is 2.20. The van der Waals surface area contributed by atoms with Crippen LogP contribution in [0.1, 0.15) is 34.3 Å². The highest BCUT2D eigenvalue weighted by Crippen LogP contribution is 2.12. The van der Waals surface area contributed by atoms with E-state index in [1.165, 1.54) is 11.1 Å². The van der Waals surface area contributed by atoms with E-state index >= 15 is 0 Å². The Balaban J connectivity index is 2.68. The maximum atomic E-state index is 10.5. The van der Waals surface area contributed by atoms with Gasteiger partial charge in [-0.15, -0.1) is 6.58 Å². The van der Waals surface area contributed by atoms with Gasteiger partial charge in [0, 0.05) is 5.56 Å². The van der Waals surface area contributed by atoms with Gasteiger partial charge in [-0.3, -0.25) is 4.79 Å². The molecule has 0 saturated carbocycles. The number of carbonyl (C=O) groups is 1. The van der Waals surface area contributed by atoms with Gasteiger partial charge in [0.1, 0.15) is 6.29 Å². The van der Waals surface area contributed by atoms with Gasteiger partial charge in [-0.1, -0.05) is 18.2 Å². The van der Waals surface area contributed by atoms with Crippen LogP contribution in [0.2, 0.25) is 0 Å². The molecule has 1 aromatic carbocycles. The summed E-state index contributed by atoms with van der Waals surface area (Å²) in [6, 6.07) is 5.86. The fourth-order valence-electron chi connectivity index (χ4n) is 1.51. The van der Waals surface area contributed by atoms with E-state index < -0.39 is 0 Å². The van der Waals surface area contributed by atoms with Crippen molar-refractivity contribution in [3.63, 3.8) is 0 Å². The Morgan fingerprint density at radius 1 is 1.43 bits per heavy atom. The molecule has 0 heterocycles. The van der Waals surface area contributed by atoms with E-state index in [1.54, 1.807) is 0 Å². The molecule has 0 N–H and O–H groups in total. The van der Waals surface area contributed by atoms with Crippen molar-refractivity contribution in [3.8, 4) is 0 Å². The molecule has 0 amide bonds. The number of benzene rings is 1. The van der Waals surface area contributed by atoms with Gasteiger partial charge in [0.25, 0.3) is 0 Å². The van der Waals surface area contributed by atoms with Crippen molar-refractivity contribution in [2.75, 3.05) is 0 Å². The predicted octanol–water partition coefficient (Wildman–Crippen LogP) is 3.32. The quantitative estimate of drug-likeness (QED) is 0.393. The molecule has 0 aliphatic heterocycles. The third-order valence-electron chi connectivity index (χ3n) is 2.36. The fourth-order valence-corrected chi connectivity index (χ4v) is 1.51. The molecule has 0 fully saturated rings. The van der Waals surface area contributed by atoms with Crippen LogP contribution in [-0.4, -0.2) is 6.29 Å². The number of rotatable bonds is 5. The minimum absolute atomic E-state index is 0.759.